The Labute approximate surface area is 120 Å². The fourth-order valence-corrected chi connectivity index (χ4v) is 1.66. The Balaban J connectivity index is 3.16. The zero-order valence-electron chi connectivity index (χ0n) is 11.8. The van der Waals surface area contributed by atoms with Gasteiger partial charge in [-0.1, -0.05) is 0 Å². The van der Waals surface area contributed by atoms with Gasteiger partial charge in [0.15, 0.2) is 0 Å². The van der Waals surface area contributed by atoms with Crippen LogP contribution in [0.4, 0.5) is 19.0 Å². The summed E-state index contributed by atoms with van der Waals surface area (Å²) >= 11 is 0. The number of ether oxygens (including phenoxy) is 2. The number of nitrogens with zero attached hydrogens (tertiary/aromatic N) is 3. The van der Waals surface area contributed by atoms with Gasteiger partial charge in [0.25, 0.3) is 0 Å². The molecule has 0 unspecified atom stereocenters. The number of anilines is 1. The number of pyridine rings is 1. The Morgan fingerprint density at radius 1 is 1.19 bits per heavy atom. The van der Waals surface area contributed by atoms with E-state index in [0.717, 1.165) is 12.1 Å². The molecule has 1 rings (SSSR count). The quantitative estimate of drug-likeness (QED) is 0.772. The molecule has 0 spiro atoms. The molecule has 0 bridgehead atoms. The lowest BCUT2D eigenvalue weighted by Crippen LogP contribution is -2.32. The van der Waals surface area contributed by atoms with Gasteiger partial charge in [-0.25, -0.2) is 4.98 Å². The smallest absolute Gasteiger partial charge is 0.383 e. The molecule has 0 atom stereocenters. The number of methoxy groups -OCH3 is 2. The molecule has 0 aromatic carbocycles. The highest BCUT2D eigenvalue weighted by atomic mass is 19.4. The van der Waals surface area contributed by atoms with E-state index in [0.29, 0.717) is 26.3 Å². The minimum absolute atomic E-state index is 0.0126. The van der Waals surface area contributed by atoms with Crippen LogP contribution in [-0.2, 0) is 15.7 Å². The average Bonchev–Trinajstić information content (AvgIpc) is 2.46. The molecule has 0 radical (unpaired) electrons. The number of hydrogen-bond donors (Lipinski definition) is 0. The summed E-state index contributed by atoms with van der Waals surface area (Å²) in [5.74, 6) is -0.0126. The molecule has 1 aromatic heterocycles. The van der Waals surface area contributed by atoms with Crippen molar-refractivity contribution in [3.05, 3.63) is 23.4 Å². The molecular weight excluding hydrogens is 287 g/mol. The van der Waals surface area contributed by atoms with Crippen LogP contribution < -0.4 is 4.90 Å². The van der Waals surface area contributed by atoms with Crippen molar-refractivity contribution in [1.82, 2.24) is 4.98 Å². The number of rotatable bonds is 7. The molecule has 0 N–H and O–H groups in total. The molecule has 0 fully saturated rings. The molecule has 0 aliphatic heterocycles. The standard InChI is InChI=1S/C13H16F3N3O2/c1-20-7-5-19(6-8-21-2)12-10(9-17)3-4-11(18-12)13(14,15)16/h3-4H,5-8H2,1-2H3. The van der Waals surface area contributed by atoms with Crippen molar-refractivity contribution in [2.75, 3.05) is 45.4 Å². The number of hydrogen-bond acceptors (Lipinski definition) is 5. The normalized spacial score (nSPS) is 11.2. The third-order valence-electron chi connectivity index (χ3n) is 2.72. The van der Waals surface area contributed by atoms with Gasteiger partial charge in [0.1, 0.15) is 17.6 Å². The van der Waals surface area contributed by atoms with Crippen molar-refractivity contribution in [3.63, 3.8) is 0 Å². The SMILES string of the molecule is COCCN(CCOC)c1nc(C(F)(F)F)ccc1C#N. The zero-order chi connectivity index (χ0) is 15.9. The summed E-state index contributed by atoms with van der Waals surface area (Å²) in [6.45, 7) is 1.21. The molecule has 5 nitrogen and oxygen atoms in total. The van der Waals surface area contributed by atoms with Crippen LogP contribution in [0.25, 0.3) is 0 Å². The van der Waals surface area contributed by atoms with Crippen molar-refractivity contribution < 1.29 is 22.6 Å². The first-order valence-corrected chi connectivity index (χ1v) is 6.15. The van der Waals surface area contributed by atoms with E-state index < -0.39 is 11.9 Å². The lowest BCUT2D eigenvalue weighted by Gasteiger charge is -2.24. The van der Waals surface area contributed by atoms with Crippen LogP contribution in [0.3, 0.4) is 0 Å². The number of halogens is 3. The van der Waals surface area contributed by atoms with E-state index in [1.54, 1.807) is 4.90 Å². The Bertz CT molecular complexity index is 492. The van der Waals surface area contributed by atoms with E-state index in [9.17, 15) is 13.2 Å². The predicted molar refractivity (Wildman–Crippen MR) is 69.9 cm³/mol. The van der Waals surface area contributed by atoms with E-state index in [1.807, 2.05) is 6.07 Å². The summed E-state index contributed by atoms with van der Waals surface area (Å²) in [6.07, 6.45) is -4.56. The van der Waals surface area contributed by atoms with Crippen molar-refractivity contribution in [2.24, 2.45) is 0 Å². The van der Waals surface area contributed by atoms with Crippen molar-refractivity contribution in [2.45, 2.75) is 6.18 Å². The second-order valence-electron chi connectivity index (χ2n) is 4.15. The van der Waals surface area contributed by atoms with Crippen LogP contribution in [0, 0.1) is 11.3 Å². The van der Waals surface area contributed by atoms with Crippen molar-refractivity contribution in [3.8, 4) is 6.07 Å². The minimum Gasteiger partial charge on any atom is -0.383 e. The lowest BCUT2D eigenvalue weighted by atomic mass is 10.2. The van der Waals surface area contributed by atoms with Gasteiger partial charge in [-0.3, -0.25) is 0 Å². The van der Waals surface area contributed by atoms with E-state index in [2.05, 4.69) is 4.98 Å². The second kappa shape index (κ2) is 7.81. The molecule has 1 heterocycles. The Kier molecular flexibility index (Phi) is 6.39. The highest BCUT2D eigenvalue weighted by Crippen LogP contribution is 2.30. The van der Waals surface area contributed by atoms with Crippen LogP contribution >= 0.6 is 0 Å². The largest absolute Gasteiger partial charge is 0.433 e. The summed E-state index contributed by atoms with van der Waals surface area (Å²) in [4.78, 5) is 5.13. The van der Waals surface area contributed by atoms with Crippen LogP contribution in [0.2, 0.25) is 0 Å². The Hall–Kier alpha value is -1.85. The summed E-state index contributed by atoms with van der Waals surface area (Å²) < 4.78 is 48.1. The molecule has 21 heavy (non-hydrogen) atoms. The fraction of sp³-hybridized carbons (Fsp3) is 0.538. The maximum absolute atomic E-state index is 12.8. The van der Waals surface area contributed by atoms with Gasteiger partial charge in [0, 0.05) is 27.3 Å². The van der Waals surface area contributed by atoms with Crippen molar-refractivity contribution >= 4 is 5.82 Å². The van der Waals surface area contributed by atoms with Crippen molar-refractivity contribution in [1.29, 1.82) is 5.26 Å². The number of aromatic nitrogens is 1. The molecule has 0 saturated carbocycles. The van der Waals surface area contributed by atoms with E-state index in [-0.39, 0.29) is 11.4 Å². The van der Waals surface area contributed by atoms with Crippen LogP contribution in [0.5, 0.6) is 0 Å². The average molecular weight is 303 g/mol. The predicted octanol–water partition coefficient (Wildman–Crippen LogP) is 2.07. The summed E-state index contributed by atoms with van der Waals surface area (Å²) in [5, 5.41) is 9.05. The Morgan fingerprint density at radius 3 is 2.19 bits per heavy atom. The van der Waals surface area contributed by atoms with Crippen LogP contribution in [0.15, 0.2) is 12.1 Å². The van der Waals surface area contributed by atoms with Gasteiger partial charge in [-0.2, -0.15) is 18.4 Å². The lowest BCUT2D eigenvalue weighted by molar-refractivity contribution is -0.141. The van der Waals surface area contributed by atoms with Gasteiger partial charge in [-0.15, -0.1) is 0 Å². The van der Waals surface area contributed by atoms with Gasteiger partial charge < -0.3 is 14.4 Å². The molecule has 0 amide bonds. The van der Waals surface area contributed by atoms with Gasteiger partial charge in [0.2, 0.25) is 0 Å². The summed E-state index contributed by atoms with van der Waals surface area (Å²) in [5.41, 5.74) is -0.952. The zero-order valence-corrected chi connectivity index (χ0v) is 11.8. The molecular formula is C13H16F3N3O2. The van der Waals surface area contributed by atoms with Crippen LogP contribution in [-0.4, -0.2) is 45.5 Å². The highest BCUT2D eigenvalue weighted by molar-refractivity contribution is 5.54. The highest BCUT2D eigenvalue weighted by Gasteiger charge is 2.33. The third-order valence-corrected chi connectivity index (χ3v) is 2.72. The monoisotopic (exact) mass is 303 g/mol. The molecule has 116 valence electrons. The molecule has 0 saturated heterocycles. The summed E-state index contributed by atoms with van der Waals surface area (Å²) in [7, 11) is 2.97. The van der Waals surface area contributed by atoms with E-state index in [4.69, 9.17) is 14.7 Å². The third kappa shape index (κ3) is 4.88. The molecule has 0 aliphatic rings. The van der Waals surface area contributed by atoms with E-state index >= 15 is 0 Å². The van der Waals surface area contributed by atoms with Gasteiger partial charge >= 0.3 is 6.18 Å². The number of alkyl halides is 3. The fourth-order valence-electron chi connectivity index (χ4n) is 1.66. The first-order chi connectivity index (χ1) is 9.93. The molecule has 8 heteroatoms. The van der Waals surface area contributed by atoms with E-state index in [1.165, 1.54) is 14.2 Å². The van der Waals surface area contributed by atoms with Gasteiger partial charge in [0.05, 0.1) is 18.8 Å². The molecule has 0 aliphatic carbocycles. The topological polar surface area (TPSA) is 58.4 Å². The number of nitriles is 1. The summed E-state index contributed by atoms with van der Waals surface area (Å²) in [6, 6.07) is 3.78. The van der Waals surface area contributed by atoms with Crippen LogP contribution in [0.1, 0.15) is 11.3 Å². The molecule has 1 aromatic rings. The second-order valence-corrected chi connectivity index (χ2v) is 4.15. The maximum atomic E-state index is 12.8. The maximum Gasteiger partial charge on any atom is 0.433 e. The first-order valence-electron chi connectivity index (χ1n) is 6.15. The minimum atomic E-state index is -4.56. The Morgan fingerprint density at radius 2 is 1.76 bits per heavy atom. The first kappa shape index (κ1) is 17.2. The van der Waals surface area contributed by atoms with Gasteiger partial charge in [-0.05, 0) is 12.1 Å².